The summed E-state index contributed by atoms with van der Waals surface area (Å²) in [4.78, 5) is 8.00. The fourth-order valence-electron chi connectivity index (χ4n) is 4.64. The van der Waals surface area contributed by atoms with Gasteiger partial charge in [-0.1, -0.05) is 20.8 Å². The van der Waals surface area contributed by atoms with Crippen molar-refractivity contribution in [2.45, 2.75) is 58.5 Å². The van der Waals surface area contributed by atoms with E-state index in [1.807, 2.05) is 0 Å². The molecule has 0 bridgehead atoms. The van der Waals surface area contributed by atoms with Gasteiger partial charge in [-0.2, -0.15) is 0 Å². The predicted octanol–water partition coefficient (Wildman–Crippen LogP) is 2.52. The maximum absolute atomic E-state index is 2.81. The van der Waals surface area contributed by atoms with Crippen LogP contribution < -0.4 is 0 Å². The number of piperidine rings is 2. The van der Waals surface area contributed by atoms with Crippen LogP contribution in [0.4, 0.5) is 0 Å². The molecule has 0 aromatic rings. The molecule has 0 aromatic heterocycles. The van der Waals surface area contributed by atoms with Crippen LogP contribution in [-0.4, -0.2) is 73.1 Å². The Hall–Kier alpha value is -0.120. The predicted molar refractivity (Wildman–Crippen MR) is 89.6 cm³/mol. The lowest BCUT2D eigenvalue weighted by Gasteiger charge is -2.49. The van der Waals surface area contributed by atoms with E-state index < -0.39 is 0 Å². The van der Waals surface area contributed by atoms with Crippen LogP contribution in [0.2, 0.25) is 0 Å². The van der Waals surface area contributed by atoms with Gasteiger partial charge < -0.3 is 9.80 Å². The molecule has 0 amide bonds. The van der Waals surface area contributed by atoms with Crippen LogP contribution in [0.5, 0.6) is 0 Å². The van der Waals surface area contributed by atoms with Gasteiger partial charge >= 0.3 is 0 Å². The molecule has 3 rings (SSSR count). The molecule has 21 heavy (non-hydrogen) atoms. The fraction of sp³-hybridized carbons (Fsp3) is 1.00. The number of nitrogens with zero attached hydrogens (tertiary/aromatic N) is 3. The summed E-state index contributed by atoms with van der Waals surface area (Å²) in [5.41, 5.74) is 0.506. The normalized spacial score (nSPS) is 29.7. The minimum Gasteiger partial charge on any atom is -0.303 e. The van der Waals surface area contributed by atoms with Crippen molar-refractivity contribution in [1.82, 2.24) is 14.7 Å². The lowest BCUT2D eigenvalue weighted by Crippen LogP contribution is -2.60. The molecule has 3 heteroatoms. The molecule has 0 atom stereocenters. The van der Waals surface area contributed by atoms with E-state index in [9.17, 15) is 0 Å². The minimum absolute atomic E-state index is 0.506. The van der Waals surface area contributed by atoms with Gasteiger partial charge in [0.2, 0.25) is 0 Å². The van der Waals surface area contributed by atoms with Crippen molar-refractivity contribution in [3.05, 3.63) is 0 Å². The largest absolute Gasteiger partial charge is 0.303 e. The monoisotopic (exact) mass is 293 g/mol. The van der Waals surface area contributed by atoms with E-state index in [1.165, 1.54) is 65.0 Å². The van der Waals surface area contributed by atoms with Crippen molar-refractivity contribution < 1.29 is 0 Å². The Labute approximate surface area is 131 Å². The third-order valence-electron chi connectivity index (χ3n) is 6.33. The van der Waals surface area contributed by atoms with E-state index >= 15 is 0 Å². The highest BCUT2D eigenvalue weighted by Crippen LogP contribution is 2.35. The smallest absolute Gasteiger partial charge is 0.0350 e. The average Bonchev–Trinajstić information content (AvgIpc) is 2.43. The highest BCUT2D eigenvalue weighted by Gasteiger charge is 2.35. The highest BCUT2D eigenvalue weighted by atomic mass is 15.3. The SMILES string of the molecule is CN1CC(N2CCC(N3CCC(C(C)(C)C)CC3)CC2)C1. The highest BCUT2D eigenvalue weighted by molar-refractivity contribution is 4.91. The zero-order valence-corrected chi connectivity index (χ0v) is 14.6. The molecular weight excluding hydrogens is 258 g/mol. The van der Waals surface area contributed by atoms with Gasteiger partial charge in [0.05, 0.1) is 0 Å². The first-order chi connectivity index (χ1) is 9.93. The van der Waals surface area contributed by atoms with Crippen LogP contribution in [0, 0.1) is 11.3 Å². The Morgan fingerprint density at radius 3 is 1.67 bits per heavy atom. The zero-order valence-electron chi connectivity index (χ0n) is 14.6. The van der Waals surface area contributed by atoms with Crippen molar-refractivity contribution in [2.24, 2.45) is 11.3 Å². The number of rotatable bonds is 2. The summed E-state index contributed by atoms with van der Waals surface area (Å²) in [6, 6.07) is 1.74. The molecule has 3 saturated heterocycles. The summed E-state index contributed by atoms with van der Waals surface area (Å²) in [5, 5.41) is 0. The molecule has 3 fully saturated rings. The minimum atomic E-state index is 0.506. The van der Waals surface area contributed by atoms with E-state index in [0.717, 1.165) is 18.0 Å². The topological polar surface area (TPSA) is 9.72 Å². The molecule has 0 radical (unpaired) electrons. The first-order valence-corrected chi connectivity index (χ1v) is 9.10. The van der Waals surface area contributed by atoms with Gasteiger partial charge in [-0.15, -0.1) is 0 Å². The first kappa shape index (κ1) is 15.8. The average molecular weight is 293 g/mol. The lowest BCUT2D eigenvalue weighted by atomic mass is 9.75. The molecule has 0 unspecified atom stereocenters. The van der Waals surface area contributed by atoms with Gasteiger partial charge in [0, 0.05) is 38.3 Å². The van der Waals surface area contributed by atoms with Gasteiger partial charge in [0.15, 0.2) is 0 Å². The molecule has 0 aliphatic carbocycles. The van der Waals surface area contributed by atoms with E-state index in [4.69, 9.17) is 0 Å². The maximum atomic E-state index is 2.81. The Balaban J connectivity index is 1.41. The van der Waals surface area contributed by atoms with Crippen molar-refractivity contribution in [3.63, 3.8) is 0 Å². The van der Waals surface area contributed by atoms with Gasteiger partial charge in [0.25, 0.3) is 0 Å². The molecule has 0 N–H and O–H groups in total. The zero-order chi connectivity index (χ0) is 15.0. The fourth-order valence-corrected chi connectivity index (χ4v) is 4.64. The van der Waals surface area contributed by atoms with Gasteiger partial charge in [-0.25, -0.2) is 0 Å². The van der Waals surface area contributed by atoms with Crippen LogP contribution in [0.3, 0.4) is 0 Å². The Morgan fingerprint density at radius 1 is 0.714 bits per heavy atom. The standard InChI is InChI=1S/C18H35N3/c1-18(2,3)15-5-9-20(10-6-15)16-7-11-21(12-8-16)17-13-19(4)14-17/h15-17H,5-14H2,1-4H3. The molecule has 3 aliphatic heterocycles. The second-order valence-corrected chi connectivity index (χ2v) is 8.82. The van der Waals surface area contributed by atoms with Crippen LogP contribution in [-0.2, 0) is 0 Å². The van der Waals surface area contributed by atoms with Gasteiger partial charge in [0.1, 0.15) is 0 Å². The molecule has 122 valence electrons. The number of hydrogen-bond donors (Lipinski definition) is 0. The Morgan fingerprint density at radius 2 is 1.19 bits per heavy atom. The van der Waals surface area contributed by atoms with Crippen molar-refractivity contribution >= 4 is 0 Å². The van der Waals surface area contributed by atoms with Crippen LogP contribution >= 0.6 is 0 Å². The van der Waals surface area contributed by atoms with Crippen LogP contribution in [0.25, 0.3) is 0 Å². The Kier molecular flexibility index (Phi) is 4.63. The molecular formula is C18H35N3. The van der Waals surface area contributed by atoms with Gasteiger partial charge in [-0.05, 0) is 57.2 Å². The van der Waals surface area contributed by atoms with E-state index in [-0.39, 0.29) is 0 Å². The van der Waals surface area contributed by atoms with Crippen LogP contribution in [0.1, 0.15) is 46.5 Å². The number of likely N-dealkylation sites (tertiary alicyclic amines) is 3. The quantitative estimate of drug-likeness (QED) is 0.774. The summed E-state index contributed by atoms with van der Waals surface area (Å²) in [6.45, 7) is 15.2. The van der Waals surface area contributed by atoms with Crippen LogP contribution in [0.15, 0.2) is 0 Å². The second-order valence-electron chi connectivity index (χ2n) is 8.82. The van der Waals surface area contributed by atoms with Gasteiger partial charge in [-0.3, -0.25) is 4.90 Å². The summed E-state index contributed by atoms with van der Waals surface area (Å²) in [6.07, 6.45) is 5.63. The molecule has 0 spiro atoms. The van der Waals surface area contributed by atoms with Crippen molar-refractivity contribution in [2.75, 3.05) is 46.3 Å². The van der Waals surface area contributed by atoms with E-state index in [2.05, 4.69) is 42.5 Å². The summed E-state index contributed by atoms with van der Waals surface area (Å²) in [5.74, 6) is 0.930. The second kappa shape index (κ2) is 6.17. The Bertz CT molecular complexity index is 327. The van der Waals surface area contributed by atoms with E-state index in [0.29, 0.717) is 5.41 Å². The maximum Gasteiger partial charge on any atom is 0.0350 e. The van der Waals surface area contributed by atoms with E-state index in [1.54, 1.807) is 0 Å². The molecule has 0 aromatic carbocycles. The van der Waals surface area contributed by atoms with Crippen molar-refractivity contribution in [1.29, 1.82) is 0 Å². The number of hydrogen-bond acceptors (Lipinski definition) is 3. The first-order valence-electron chi connectivity index (χ1n) is 9.10. The third kappa shape index (κ3) is 3.62. The molecule has 3 nitrogen and oxygen atoms in total. The summed E-state index contributed by atoms with van der Waals surface area (Å²) >= 11 is 0. The third-order valence-corrected chi connectivity index (χ3v) is 6.33. The van der Waals surface area contributed by atoms with Crippen molar-refractivity contribution in [3.8, 4) is 0 Å². The summed E-state index contributed by atoms with van der Waals surface area (Å²) < 4.78 is 0. The summed E-state index contributed by atoms with van der Waals surface area (Å²) in [7, 11) is 2.24. The molecule has 0 saturated carbocycles. The molecule has 3 aliphatic rings. The molecule has 3 heterocycles. The number of likely N-dealkylation sites (N-methyl/N-ethyl adjacent to an activating group) is 1. The lowest BCUT2D eigenvalue weighted by molar-refractivity contribution is 0.00525.